The van der Waals surface area contributed by atoms with Crippen LogP contribution in [0, 0.1) is 0 Å². The number of methoxy groups -OCH3 is 1. The summed E-state index contributed by atoms with van der Waals surface area (Å²) in [6.45, 7) is 0. The lowest BCUT2D eigenvalue weighted by atomic mass is 10.1. The summed E-state index contributed by atoms with van der Waals surface area (Å²) in [7, 11) is 1.60. The molecule has 3 rings (SSSR count). The molecule has 0 spiro atoms. The number of nitrogens with one attached hydrogen (secondary N) is 2. The first-order valence-electron chi connectivity index (χ1n) is 7.86. The number of rotatable bonds is 4. The number of amides is 2. The smallest absolute Gasteiger partial charge is 0.268 e. The van der Waals surface area contributed by atoms with Crippen molar-refractivity contribution in [3.05, 3.63) is 77.5 Å². The number of carbonyl (C=O) groups excluding carboxylic acids is 2. The summed E-state index contributed by atoms with van der Waals surface area (Å²) in [6, 6.07) is 16.1. The molecular weight excluding hydrogens is 316 g/mol. The second kappa shape index (κ2) is 7.49. The van der Waals surface area contributed by atoms with E-state index in [0.29, 0.717) is 0 Å². The molecule has 5 heteroatoms. The highest BCUT2D eigenvalue weighted by atomic mass is 16.5. The molecule has 1 unspecified atom stereocenters. The van der Waals surface area contributed by atoms with Gasteiger partial charge < -0.3 is 15.4 Å². The summed E-state index contributed by atoms with van der Waals surface area (Å²) in [6.07, 6.45) is 5.10. The van der Waals surface area contributed by atoms with Crippen LogP contribution in [0.25, 0.3) is 12.2 Å². The fraction of sp³-hybridized carbons (Fsp3) is 0.100. The van der Waals surface area contributed by atoms with Crippen LogP contribution in [0.15, 0.2) is 66.4 Å². The van der Waals surface area contributed by atoms with Gasteiger partial charge in [0.25, 0.3) is 11.8 Å². The molecule has 126 valence electrons. The van der Waals surface area contributed by atoms with Gasteiger partial charge in [-0.1, -0.05) is 54.6 Å². The number of piperazine rings is 1. The van der Waals surface area contributed by atoms with Gasteiger partial charge in [-0.2, -0.15) is 0 Å². The fourth-order valence-corrected chi connectivity index (χ4v) is 2.43. The molecule has 1 fully saturated rings. The third kappa shape index (κ3) is 4.14. The summed E-state index contributed by atoms with van der Waals surface area (Å²) >= 11 is 0. The van der Waals surface area contributed by atoms with Gasteiger partial charge in [0.05, 0.1) is 7.11 Å². The van der Waals surface area contributed by atoms with Crippen LogP contribution in [-0.4, -0.2) is 25.0 Å². The summed E-state index contributed by atoms with van der Waals surface area (Å²) in [5.41, 5.74) is 2.00. The Morgan fingerprint density at radius 2 is 1.68 bits per heavy atom. The number of benzene rings is 2. The van der Waals surface area contributed by atoms with Crippen LogP contribution in [0.1, 0.15) is 11.1 Å². The average molecular weight is 334 g/mol. The van der Waals surface area contributed by atoms with Gasteiger partial charge >= 0.3 is 0 Å². The van der Waals surface area contributed by atoms with Crippen molar-refractivity contribution in [2.45, 2.75) is 6.04 Å². The van der Waals surface area contributed by atoms with E-state index in [9.17, 15) is 9.59 Å². The first-order valence-corrected chi connectivity index (χ1v) is 7.86. The molecule has 1 heterocycles. The molecule has 0 bridgehead atoms. The van der Waals surface area contributed by atoms with Gasteiger partial charge in [-0.05, 0) is 29.3 Å². The standard InChI is InChI=1S/C20H18N2O3/c1-25-16-10-7-14(8-11-16)9-12-17-19(23)22-18(20(24)21-17)13-15-5-3-2-4-6-15/h2-13,17H,1H3,(H,21,24)(H,22,23). The lowest BCUT2D eigenvalue weighted by Crippen LogP contribution is -2.53. The van der Waals surface area contributed by atoms with E-state index in [0.717, 1.165) is 16.9 Å². The molecular formula is C20H18N2O3. The molecule has 0 aliphatic carbocycles. The summed E-state index contributed by atoms with van der Waals surface area (Å²) < 4.78 is 5.10. The van der Waals surface area contributed by atoms with E-state index < -0.39 is 6.04 Å². The van der Waals surface area contributed by atoms with E-state index in [1.54, 1.807) is 25.3 Å². The van der Waals surface area contributed by atoms with Crippen LogP contribution < -0.4 is 15.4 Å². The highest BCUT2D eigenvalue weighted by Crippen LogP contribution is 2.13. The molecule has 1 atom stereocenters. The first kappa shape index (κ1) is 16.5. The summed E-state index contributed by atoms with van der Waals surface area (Å²) in [4.78, 5) is 24.4. The Bertz CT molecular complexity index is 824. The predicted octanol–water partition coefficient (Wildman–Crippen LogP) is 2.36. The third-order valence-corrected chi connectivity index (χ3v) is 3.78. The van der Waals surface area contributed by atoms with Crippen molar-refractivity contribution in [2.24, 2.45) is 0 Å². The van der Waals surface area contributed by atoms with E-state index >= 15 is 0 Å². The molecule has 1 aliphatic rings. The highest BCUT2D eigenvalue weighted by Gasteiger charge is 2.27. The maximum Gasteiger partial charge on any atom is 0.268 e. The monoisotopic (exact) mass is 334 g/mol. The fourth-order valence-electron chi connectivity index (χ4n) is 2.43. The van der Waals surface area contributed by atoms with E-state index in [4.69, 9.17) is 4.74 Å². The number of carbonyl (C=O) groups is 2. The van der Waals surface area contributed by atoms with Gasteiger partial charge in [0, 0.05) is 0 Å². The highest BCUT2D eigenvalue weighted by molar-refractivity contribution is 6.08. The zero-order chi connectivity index (χ0) is 17.6. The Balaban J connectivity index is 1.69. The van der Waals surface area contributed by atoms with Crippen molar-refractivity contribution in [3.8, 4) is 5.75 Å². The van der Waals surface area contributed by atoms with E-state index in [1.165, 1.54) is 0 Å². The quantitative estimate of drug-likeness (QED) is 0.844. The van der Waals surface area contributed by atoms with Gasteiger partial charge in [0.1, 0.15) is 17.5 Å². The lowest BCUT2D eigenvalue weighted by molar-refractivity contribution is -0.129. The van der Waals surface area contributed by atoms with E-state index in [-0.39, 0.29) is 17.5 Å². The largest absolute Gasteiger partial charge is 0.497 e. The molecule has 25 heavy (non-hydrogen) atoms. The van der Waals surface area contributed by atoms with Gasteiger partial charge in [-0.15, -0.1) is 0 Å². The van der Waals surface area contributed by atoms with Crippen LogP contribution in [0.2, 0.25) is 0 Å². The van der Waals surface area contributed by atoms with Crippen molar-refractivity contribution in [3.63, 3.8) is 0 Å². The number of ether oxygens (including phenoxy) is 1. The van der Waals surface area contributed by atoms with Crippen LogP contribution in [0.5, 0.6) is 5.75 Å². The molecule has 1 aliphatic heterocycles. The second-order valence-electron chi connectivity index (χ2n) is 5.54. The van der Waals surface area contributed by atoms with E-state index in [2.05, 4.69) is 10.6 Å². The van der Waals surface area contributed by atoms with Crippen LogP contribution >= 0.6 is 0 Å². The topological polar surface area (TPSA) is 67.4 Å². The molecule has 0 saturated carbocycles. The maximum absolute atomic E-state index is 12.2. The number of hydrogen-bond acceptors (Lipinski definition) is 3. The third-order valence-electron chi connectivity index (χ3n) is 3.78. The van der Waals surface area contributed by atoms with E-state index in [1.807, 2.05) is 54.6 Å². The second-order valence-corrected chi connectivity index (χ2v) is 5.54. The first-order chi connectivity index (χ1) is 12.2. The van der Waals surface area contributed by atoms with Crippen LogP contribution in [0.4, 0.5) is 0 Å². The Morgan fingerprint density at radius 1 is 0.960 bits per heavy atom. The van der Waals surface area contributed by atoms with Gasteiger partial charge in [0.2, 0.25) is 0 Å². The normalized spacial score (nSPS) is 18.9. The number of hydrogen-bond donors (Lipinski definition) is 2. The minimum atomic E-state index is -0.706. The molecule has 5 nitrogen and oxygen atoms in total. The molecule has 2 N–H and O–H groups in total. The summed E-state index contributed by atoms with van der Waals surface area (Å²) in [5, 5.41) is 5.36. The van der Waals surface area contributed by atoms with Crippen molar-refractivity contribution in [1.29, 1.82) is 0 Å². The zero-order valence-corrected chi connectivity index (χ0v) is 13.7. The van der Waals surface area contributed by atoms with Crippen molar-refractivity contribution in [1.82, 2.24) is 10.6 Å². The van der Waals surface area contributed by atoms with Gasteiger partial charge in [-0.25, -0.2) is 0 Å². The molecule has 2 aromatic carbocycles. The summed E-state index contributed by atoms with van der Waals surface area (Å²) in [5.74, 6) is 0.177. The maximum atomic E-state index is 12.2. The Kier molecular flexibility index (Phi) is 4.95. The van der Waals surface area contributed by atoms with Gasteiger partial charge in [0.15, 0.2) is 0 Å². The Labute approximate surface area is 146 Å². The Hall–Kier alpha value is -3.34. The Morgan fingerprint density at radius 3 is 2.36 bits per heavy atom. The predicted molar refractivity (Wildman–Crippen MR) is 96.5 cm³/mol. The molecule has 2 amide bonds. The SMILES string of the molecule is COc1ccc(C=CC2NC(=O)C(=Cc3ccccc3)NC2=O)cc1. The minimum Gasteiger partial charge on any atom is -0.497 e. The molecule has 0 radical (unpaired) electrons. The van der Waals surface area contributed by atoms with Crippen molar-refractivity contribution >= 4 is 24.0 Å². The minimum absolute atomic E-state index is 0.241. The molecule has 2 aromatic rings. The molecule has 0 aromatic heterocycles. The van der Waals surface area contributed by atoms with Crippen molar-refractivity contribution in [2.75, 3.05) is 7.11 Å². The van der Waals surface area contributed by atoms with Crippen LogP contribution in [0.3, 0.4) is 0 Å². The zero-order valence-electron chi connectivity index (χ0n) is 13.7. The van der Waals surface area contributed by atoms with Crippen LogP contribution in [-0.2, 0) is 9.59 Å². The van der Waals surface area contributed by atoms with Crippen molar-refractivity contribution < 1.29 is 14.3 Å². The van der Waals surface area contributed by atoms with Gasteiger partial charge in [-0.3, -0.25) is 9.59 Å². The average Bonchev–Trinajstić information content (AvgIpc) is 2.64. The lowest BCUT2D eigenvalue weighted by Gasteiger charge is -2.22. The molecule has 1 saturated heterocycles.